The first-order chi connectivity index (χ1) is 12.7. The number of carbonyl (C=O) groups is 1. The monoisotopic (exact) mass is 379 g/mol. The van der Waals surface area contributed by atoms with E-state index in [9.17, 15) is 9.00 Å². The molecule has 1 N–H and O–H groups in total. The van der Waals surface area contributed by atoms with Crippen molar-refractivity contribution in [2.24, 2.45) is 0 Å². The molecule has 1 saturated carbocycles. The summed E-state index contributed by atoms with van der Waals surface area (Å²) < 4.78 is 23.5. The summed E-state index contributed by atoms with van der Waals surface area (Å²) in [6, 6.07) is 7.23. The molecule has 4 atom stereocenters. The van der Waals surface area contributed by atoms with E-state index in [1.807, 2.05) is 19.1 Å². The van der Waals surface area contributed by atoms with Gasteiger partial charge in [0.25, 0.3) is 5.91 Å². The zero-order valence-electron chi connectivity index (χ0n) is 15.4. The van der Waals surface area contributed by atoms with Crippen LogP contribution in [0.3, 0.4) is 0 Å². The number of ether oxygens (including phenoxy) is 2. The first kappa shape index (κ1) is 19.4. The lowest BCUT2D eigenvalue weighted by atomic mass is 9.94. The van der Waals surface area contributed by atoms with E-state index in [4.69, 9.17) is 9.47 Å². The lowest BCUT2D eigenvalue weighted by Gasteiger charge is -2.31. The van der Waals surface area contributed by atoms with Crippen molar-refractivity contribution in [2.45, 2.75) is 62.8 Å². The Morgan fingerprint density at radius 3 is 2.65 bits per heavy atom. The molecule has 1 saturated heterocycles. The number of rotatable bonds is 7. The van der Waals surface area contributed by atoms with Gasteiger partial charge >= 0.3 is 0 Å². The van der Waals surface area contributed by atoms with Crippen molar-refractivity contribution in [3.05, 3.63) is 29.8 Å². The molecule has 2 fully saturated rings. The summed E-state index contributed by atoms with van der Waals surface area (Å²) in [5, 5.41) is 3.18. The van der Waals surface area contributed by atoms with E-state index in [1.165, 1.54) is 0 Å². The number of hydrogen-bond acceptors (Lipinski definition) is 4. The molecule has 0 radical (unpaired) electrons. The summed E-state index contributed by atoms with van der Waals surface area (Å²) in [5.74, 6) is 1.30. The normalized spacial score (nSPS) is 27.0. The van der Waals surface area contributed by atoms with Crippen molar-refractivity contribution < 1.29 is 18.5 Å². The van der Waals surface area contributed by atoms with Gasteiger partial charge in [-0.25, -0.2) is 0 Å². The van der Waals surface area contributed by atoms with Crippen LogP contribution < -0.4 is 10.1 Å². The summed E-state index contributed by atoms with van der Waals surface area (Å²) in [4.78, 5) is 12.6. The number of hydrogen-bond donors (Lipinski definition) is 1. The number of amides is 1. The van der Waals surface area contributed by atoms with Crippen LogP contribution in [0.5, 0.6) is 5.75 Å². The third-order valence-corrected chi connectivity index (χ3v) is 7.03. The third kappa shape index (κ3) is 5.07. The van der Waals surface area contributed by atoms with E-state index in [0.29, 0.717) is 17.9 Å². The number of nitrogens with one attached hydrogen (secondary N) is 1. The Hall–Kier alpha value is -1.40. The highest BCUT2D eigenvalue weighted by Crippen LogP contribution is 2.24. The minimum atomic E-state index is -0.871. The maximum Gasteiger partial charge on any atom is 0.251 e. The van der Waals surface area contributed by atoms with Crippen LogP contribution in [0.4, 0.5) is 0 Å². The molecule has 1 aliphatic heterocycles. The Morgan fingerprint density at radius 2 is 1.96 bits per heavy atom. The van der Waals surface area contributed by atoms with E-state index in [2.05, 4.69) is 5.32 Å². The maximum atomic E-state index is 12.6. The first-order valence-corrected chi connectivity index (χ1v) is 11.1. The van der Waals surface area contributed by atoms with E-state index in [1.54, 1.807) is 12.1 Å². The number of benzene rings is 1. The molecule has 3 rings (SSSR count). The van der Waals surface area contributed by atoms with Gasteiger partial charge in [-0.1, -0.05) is 19.8 Å². The molecule has 144 valence electrons. The van der Waals surface area contributed by atoms with Gasteiger partial charge in [0.2, 0.25) is 0 Å². The highest BCUT2D eigenvalue weighted by atomic mass is 32.2. The minimum absolute atomic E-state index is 0.00692. The van der Waals surface area contributed by atoms with E-state index >= 15 is 0 Å². The Labute approximate surface area is 158 Å². The summed E-state index contributed by atoms with van der Waals surface area (Å²) >= 11 is 0. The van der Waals surface area contributed by atoms with Gasteiger partial charge in [0.05, 0.1) is 11.4 Å². The van der Waals surface area contributed by atoms with Crippen LogP contribution >= 0.6 is 0 Å². The quantitative estimate of drug-likeness (QED) is 0.791. The Balaban J connectivity index is 1.54. The maximum absolute atomic E-state index is 12.6. The van der Waals surface area contributed by atoms with Crippen LogP contribution in [0.2, 0.25) is 0 Å². The Bertz CT molecular complexity index is 613. The minimum Gasteiger partial charge on any atom is -0.491 e. The van der Waals surface area contributed by atoms with E-state index < -0.39 is 10.8 Å². The molecule has 1 heterocycles. The highest BCUT2D eigenvalue weighted by molar-refractivity contribution is 7.85. The molecule has 0 aromatic heterocycles. The second-order valence-corrected chi connectivity index (χ2v) is 8.99. The fourth-order valence-electron chi connectivity index (χ4n) is 3.71. The predicted octanol–water partition coefficient (Wildman–Crippen LogP) is 3.05. The van der Waals surface area contributed by atoms with E-state index in [-0.39, 0.29) is 23.3 Å². The molecular formula is C20H29NO4S. The predicted molar refractivity (Wildman–Crippen MR) is 103 cm³/mol. The van der Waals surface area contributed by atoms with E-state index in [0.717, 1.165) is 50.9 Å². The molecule has 26 heavy (non-hydrogen) atoms. The van der Waals surface area contributed by atoms with Crippen molar-refractivity contribution in [3.8, 4) is 5.75 Å². The van der Waals surface area contributed by atoms with Crippen molar-refractivity contribution in [3.63, 3.8) is 0 Å². The summed E-state index contributed by atoms with van der Waals surface area (Å²) in [6.07, 6.45) is 6.34. The molecule has 1 aromatic rings. The zero-order valence-corrected chi connectivity index (χ0v) is 16.3. The summed E-state index contributed by atoms with van der Waals surface area (Å²) in [6.45, 7) is 3.31. The van der Waals surface area contributed by atoms with Gasteiger partial charge in [0, 0.05) is 34.8 Å². The fourth-order valence-corrected chi connectivity index (χ4v) is 5.14. The van der Waals surface area contributed by atoms with Crippen LogP contribution in [0.25, 0.3) is 0 Å². The average molecular weight is 380 g/mol. The van der Waals surface area contributed by atoms with Gasteiger partial charge in [0.1, 0.15) is 12.4 Å². The van der Waals surface area contributed by atoms with Crippen LogP contribution in [0.15, 0.2) is 24.3 Å². The van der Waals surface area contributed by atoms with Crippen LogP contribution in [-0.4, -0.2) is 46.5 Å². The second-order valence-electron chi connectivity index (χ2n) is 7.04. The molecular weight excluding hydrogens is 350 g/mol. The SMILES string of the molecule is CC[S@](=O)[C@@H]1CCCC[C@@H]1NC(=O)c1ccc(OC[C@H]2CCCO2)cc1. The van der Waals surface area contributed by atoms with Gasteiger partial charge in [-0.2, -0.15) is 0 Å². The summed E-state index contributed by atoms with van der Waals surface area (Å²) in [7, 11) is -0.871. The van der Waals surface area contributed by atoms with Gasteiger partial charge in [-0.3, -0.25) is 9.00 Å². The molecule has 6 heteroatoms. The number of carbonyl (C=O) groups excluding carboxylic acids is 1. The van der Waals surface area contributed by atoms with Crippen molar-refractivity contribution in [1.29, 1.82) is 0 Å². The van der Waals surface area contributed by atoms with Crippen molar-refractivity contribution in [1.82, 2.24) is 5.32 Å². The lowest BCUT2D eigenvalue weighted by molar-refractivity contribution is 0.0679. The van der Waals surface area contributed by atoms with Crippen LogP contribution in [0, 0.1) is 0 Å². The third-order valence-electron chi connectivity index (χ3n) is 5.22. The molecule has 2 aliphatic rings. The first-order valence-electron chi connectivity index (χ1n) is 9.70. The molecule has 1 amide bonds. The van der Waals surface area contributed by atoms with Crippen LogP contribution in [-0.2, 0) is 15.5 Å². The van der Waals surface area contributed by atoms with Crippen LogP contribution in [0.1, 0.15) is 55.8 Å². The topological polar surface area (TPSA) is 64.6 Å². The fraction of sp³-hybridized carbons (Fsp3) is 0.650. The zero-order chi connectivity index (χ0) is 18.4. The molecule has 5 nitrogen and oxygen atoms in total. The molecule has 1 aromatic carbocycles. The van der Waals surface area contributed by atoms with Gasteiger partial charge in [-0.05, 0) is 49.9 Å². The highest BCUT2D eigenvalue weighted by Gasteiger charge is 2.30. The summed E-state index contributed by atoms with van der Waals surface area (Å²) in [5.41, 5.74) is 0.612. The largest absolute Gasteiger partial charge is 0.491 e. The second kappa shape index (κ2) is 9.51. The Morgan fingerprint density at radius 1 is 1.19 bits per heavy atom. The lowest BCUT2D eigenvalue weighted by Crippen LogP contribution is -2.47. The molecule has 0 unspecified atom stereocenters. The average Bonchev–Trinajstić information content (AvgIpc) is 3.20. The molecule has 0 bridgehead atoms. The standard InChI is InChI=1S/C20H29NO4S/c1-2-26(23)19-8-4-3-7-18(19)21-20(22)15-9-11-16(12-10-15)25-14-17-6-5-13-24-17/h9-12,17-19H,2-8,13-14H2,1H3,(H,21,22)/t17-,18+,19-,26+/m1/s1. The van der Waals surface area contributed by atoms with Gasteiger partial charge < -0.3 is 14.8 Å². The Kier molecular flexibility index (Phi) is 7.08. The van der Waals surface area contributed by atoms with Gasteiger partial charge in [0.15, 0.2) is 0 Å². The smallest absolute Gasteiger partial charge is 0.251 e. The van der Waals surface area contributed by atoms with Crippen molar-refractivity contribution in [2.75, 3.05) is 19.0 Å². The van der Waals surface area contributed by atoms with Gasteiger partial charge in [-0.15, -0.1) is 0 Å². The molecule has 0 spiro atoms. The van der Waals surface area contributed by atoms with Crippen molar-refractivity contribution >= 4 is 16.7 Å². The molecule has 1 aliphatic carbocycles.